The van der Waals surface area contributed by atoms with Crippen molar-refractivity contribution in [3.05, 3.63) is 35.1 Å². The Balaban J connectivity index is 3.02. The van der Waals surface area contributed by atoms with Crippen molar-refractivity contribution >= 4 is 11.6 Å². The number of rotatable bonds is 2. The molecule has 1 aromatic rings. The molecule has 0 aliphatic heterocycles. The molecule has 0 aliphatic carbocycles. The monoisotopic (exact) mass is 172 g/mol. The van der Waals surface area contributed by atoms with E-state index in [0.717, 1.165) is 17.5 Å². The first kappa shape index (κ1) is 8.54. The van der Waals surface area contributed by atoms with Crippen LogP contribution in [0.4, 0.5) is 4.39 Å². The normalized spacial score (nSPS) is 10.1. The van der Waals surface area contributed by atoms with Crippen molar-refractivity contribution in [2.75, 3.05) is 0 Å². The molecule has 0 spiro atoms. The Hall–Kier alpha value is -0.560. The molecule has 0 bridgehead atoms. The second-order valence-corrected chi connectivity index (χ2v) is 2.68. The lowest BCUT2D eigenvalue weighted by atomic mass is 10.1. The SMILES string of the molecule is CCc1cc(CCl)ccc1F. The van der Waals surface area contributed by atoms with Gasteiger partial charge in [0.1, 0.15) is 5.82 Å². The third-order valence-corrected chi connectivity index (χ3v) is 1.95. The lowest BCUT2D eigenvalue weighted by Gasteiger charge is -2.00. The largest absolute Gasteiger partial charge is 0.207 e. The molecule has 0 aliphatic rings. The van der Waals surface area contributed by atoms with E-state index in [2.05, 4.69) is 0 Å². The van der Waals surface area contributed by atoms with E-state index >= 15 is 0 Å². The van der Waals surface area contributed by atoms with Crippen molar-refractivity contribution in [3.63, 3.8) is 0 Å². The zero-order chi connectivity index (χ0) is 8.27. The first-order valence-electron chi connectivity index (χ1n) is 3.61. The summed E-state index contributed by atoms with van der Waals surface area (Å²) in [4.78, 5) is 0. The molecule has 0 aromatic heterocycles. The molecule has 0 unspecified atom stereocenters. The number of hydrogen-bond donors (Lipinski definition) is 0. The smallest absolute Gasteiger partial charge is 0.126 e. The van der Waals surface area contributed by atoms with Crippen LogP contribution in [0.1, 0.15) is 18.1 Å². The quantitative estimate of drug-likeness (QED) is 0.602. The molecule has 0 saturated heterocycles. The fourth-order valence-electron chi connectivity index (χ4n) is 0.982. The Morgan fingerprint density at radius 3 is 2.73 bits per heavy atom. The van der Waals surface area contributed by atoms with Crippen LogP contribution in [-0.2, 0) is 12.3 Å². The minimum atomic E-state index is -0.138. The molecule has 11 heavy (non-hydrogen) atoms. The van der Waals surface area contributed by atoms with E-state index in [1.54, 1.807) is 6.07 Å². The van der Waals surface area contributed by atoms with Gasteiger partial charge in [0.15, 0.2) is 0 Å². The Morgan fingerprint density at radius 2 is 2.18 bits per heavy atom. The molecule has 1 aromatic carbocycles. The molecule has 2 heteroatoms. The Kier molecular flexibility index (Phi) is 2.89. The number of hydrogen-bond acceptors (Lipinski definition) is 0. The highest BCUT2D eigenvalue weighted by molar-refractivity contribution is 6.17. The fraction of sp³-hybridized carbons (Fsp3) is 0.333. The minimum Gasteiger partial charge on any atom is -0.207 e. The summed E-state index contributed by atoms with van der Waals surface area (Å²) in [5.41, 5.74) is 1.72. The van der Waals surface area contributed by atoms with Gasteiger partial charge >= 0.3 is 0 Å². The first-order valence-corrected chi connectivity index (χ1v) is 4.14. The molecule has 0 saturated carbocycles. The molecule has 0 nitrogen and oxygen atoms in total. The Labute approximate surface area is 71.0 Å². The fourth-order valence-corrected chi connectivity index (χ4v) is 1.15. The van der Waals surface area contributed by atoms with Gasteiger partial charge in [-0.05, 0) is 23.6 Å². The second kappa shape index (κ2) is 3.72. The second-order valence-electron chi connectivity index (χ2n) is 2.41. The predicted molar refractivity (Wildman–Crippen MR) is 45.3 cm³/mol. The summed E-state index contributed by atoms with van der Waals surface area (Å²) in [5, 5.41) is 0. The van der Waals surface area contributed by atoms with E-state index in [1.165, 1.54) is 6.07 Å². The molecular weight excluding hydrogens is 163 g/mol. The summed E-state index contributed by atoms with van der Waals surface area (Å²) in [6.45, 7) is 1.93. The van der Waals surface area contributed by atoms with Crippen LogP contribution in [0.3, 0.4) is 0 Å². The molecule has 0 radical (unpaired) electrons. The maximum atomic E-state index is 12.9. The highest BCUT2D eigenvalue weighted by atomic mass is 35.5. The summed E-state index contributed by atoms with van der Waals surface area (Å²) in [5.74, 6) is 0.314. The highest BCUT2D eigenvalue weighted by Crippen LogP contribution is 2.12. The highest BCUT2D eigenvalue weighted by Gasteiger charge is 1.99. The van der Waals surface area contributed by atoms with E-state index in [9.17, 15) is 4.39 Å². The molecule has 0 fully saturated rings. The van der Waals surface area contributed by atoms with Gasteiger partial charge in [-0.3, -0.25) is 0 Å². The Morgan fingerprint density at radius 1 is 1.45 bits per heavy atom. The van der Waals surface area contributed by atoms with Gasteiger partial charge in [0.2, 0.25) is 0 Å². The predicted octanol–water partition coefficient (Wildman–Crippen LogP) is 3.13. The van der Waals surface area contributed by atoms with Crippen LogP contribution in [0.5, 0.6) is 0 Å². The van der Waals surface area contributed by atoms with Gasteiger partial charge in [-0.15, -0.1) is 11.6 Å². The Bertz CT molecular complexity index is 245. The molecular formula is C9H10ClF. The molecule has 60 valence electrons. The minimum absolute atomic E-state index is 0.138. The van der Waals surface area contributed by atoms with E-state index in [0.29, 0.717) is 5.88 Å². The summed E-state index contributed by atoms with van der Waals surface area (Å²) < 4.78 is 12.9. The van der Waals surface area contributed by atoms with Crippen LogP contribution in [0.2, 0.25) is 0 Å². The molecule has 0 atom stereocenters. The number of benzene rings is 1. The van der Waals surface area contributed by atoms with Crippen LogP contribution in [0.25, 0.3) is 0 Å². The van der Waals surface area contributed by atoms with E-state index in [-0.39, 0.29) is 5.82 Å². The van der Waals surface area contributed by atoms with Crippen molar-refractivity contribution in [3.8, 4) is 0 Å². The number of alkyl halides is 1. The van der Waals surface area contributed by atoms with Gasteiger partial charge in [0.05, 0.1) is 0 Å². The number of halogens is 2. The zero-order valence-corrected chi connectivity index (χ0v) is 7.16. The van der Waals surface area contributed by atoms with E-state index in [4.69, 9.17) is 11.6 Å². The standard InChI is InChI=1S/C9H10ClF/c1-2-8-5-7(6-10)3-4-9(8)11/h3-5H,2,6H2,1H3. The van der Waals surface area contributed by atoms with Crippen LogP contribution < -0.4 is 0 Å². The van der Waals surface area contributed by atoms with Crippen LogP contribution in [0.15, 0.2) is 18.2 Å². The van der Waals surface area contributed by atoms with Crippen LogP contribution in [0, 0.1) is 5.82 Å². The van der Waals surface area contributed by atoms with E-state index in [1.807, 2.05) is 13.0 Å². The molecule has 0 amide bonds. The van der Waals surface area contributed by atoms with Crippen molar-refractivity contribution in [2.45, 2.75) is 19.2 Å². The maximum absolute atomic E-state index is 12.9. The van der Waals surface area contributed by atoms with E-state index < -0.39 is 0 Å². The number of aryl methyl sites for hydroxylation is 1. The summed E-state index contributed by atoms with van der Waals surface area (Å²) >= 11 is 5.59. The molecule has 0 N–H and O–H groups in total. The van der Waals surface area contributed by atoms with Gasteiger partial charge in [0, 0.05) is 5.88 Å². The van der Waals surface area contributed by atoms with Crippen molar-refractivity contribution in [2.24, 2.45) is 0 Å². The average Bonchev–Trinajstić information content (AvgIpc) is 2.05. The maximum Gasteiger partial charge on any atom is 0.126 e. The lowest BCUT2D eigenvalue weighted by Crippen LogP contribution is -1.89. The van der Waals surface area contributed by atoms with Crippen molar-refractivity contribution in [1.82, 2.24) is 0 Å². The van der Waals surface area contributed by atoms with Gasteiger partial charge in [-0.2, -0.15) is 0 Å². The summed E-state index contributed by atoms with van der Waals surface area (Å²) in [7, 11) is 0. The average molecular weight is 173 g/mol. The molecule has 0 heterocycles. The molecule has 1 rings (SSSR count). The third-order valence-electron chi connectivity index (χ3n) is 1.65. The van der Waals surface area contributed by atoms with Gasteiger partial charge in [-0.25, -0.2) is 4.39 Å². The third kappa shape index (κ3) is 1.93. The first-order chi connectivity index (χ1) is 5.27. The van der Waals surface area contributed by atoms with Crippen LogP contribution >= 0.6 is 11.6 Å². The van der Waals surface area contributed by atoms with Gasteiger partial charge in [0.25, 0.3) is 0 Å². The lowest BCUT2D eigenvalue weighted by molar-refractivity contribution is 0.611. The van der Waals surface area contributed by atoms with Crippen molar-refractivity contribution < 1.29 is 4.39 Å². The summed E-state index contributed by atoms with van der Waals surface area (Å²) in [6, 6.07) is 4.99. The van der Waals surface area contributed by atoms with Gasteiger partial charge < -0.3 is 0 Å². The van der Waals surface area contributed by atoms with Gasteiger partial charge in [-0.1, -0.05) is 19.1 Å². The van der Waals surface area contributed by atoms with Crippen molar-refractivity contribution in [1.29, 1.82) is 0 Å². The van der Waals surface area contributed by atoms with Crippen LogP contribution in [-0.4, -0.2) is 0 Å². The topological polar surface area (TPSA) is 0 Å². The summed E-state index contributed by atoms with van der Waals surface area (Å²) in [6.07, 6.45) is 0.719. The zero-order valence-electron chi connectivity index (χ0n) is 6.40.